The summed E-state index contributed by atoms with van der Waals surface area (Å²) in [6.07, 6.45) is 0.507. The number of hydrogen-bond acceptors (Lipinski definition) is 4. The molecule has 0 saturated heterocycles. The Kier molecular flexibility index (Phi) is 5.76. The van der Waals surface area contributed by atoms with Crippen molar-refractivity contribution in [2.24, 2.45) is 5.92 Å². The average Bonchev–Trinajstić information content (AvgIpc) is 2.37. The van der Waals surface area contributed by atoms with Gasteiger partial charge in [-0.15, -0.1) is 11.6 Å². The number of rotatable bonds is 7. The fourth-order valence-electron chi connectivity index (χ4n) is 1.74. The molecule has 1 unspecified atom stereocenters. The number of alkyl halides is 1. The van der Waals surface area contributed by atoms with Crippen LogP contribution in [0.4, 0.5) is 11.4 Å². The SMILES string of the molecule is CCc1ccc(NS(=O)(=O)CC(C)CCl)cc1[N+](=O)[O-]. The maximum absolute atomic E-state index is 11.9. The van der Waals surface area contributed by atoms with Crippen molar-refractivity contribution < 1.29 is 13.3 Å². The smallest absolute Gasteiger partial charge is 0.274 e. The van der Waals surface area contributed by atoms with Gasteiger partial charge >= 0.3 is 0 Å². The fraction of sp³-hybridized carbons (Fsp3) is 0.500. The van der Waals surface area contributed by atoms with Crippen LogP contribution in [0.5, 0.6) is 0 Å². The summed E-state index contributed by atoms with van der Waals surface area (Å²) in [5, 5.41) is 10.9. The lowest BCUT2D eigenvalue weighted by molar-refractivity contribution is -0.385. The molecule has 1 N–H and O–H groups in total. The molecular formula is C12H17ClN2O4S. The summed E-state index contributed by atoms with van der Waals surface area (Å²) in [6.45, 7) is 3.52. The van der Waals surface area contributed by atoms with Crippen LogP contribution in [0.15, 0.2) is 18.2 Å². The highest BCUT2D eigenvalue weighted by molar-refractivity contribution is 7.92. The quantitative estimate of drug-likeness (QED) is 0.475. The van der Waals surface area contributed by atoms with E-state index in [1.165, 1.54) is 12.1 Å². The molecule has 1 atom stereocenters. The Labute approximate surface area is 123 Å². The molecule has 0 spiro atoms. The molecule has 0 saturated carbocycles. The fourth-order valence-corrected chi connectivity index (χ4v) is 3.41. The van der Waals surface area contributed by atoms with E-state index < -0.39 is 14.9 Å². The minimum Gasteiger partial charge on any atom is -0.283 e. The molecular weight excluding hydrogens is 304 g/mol. The van der Waals surface area contributed by atoms with Crippen molar-refractivity contribution >= 4 is 33.0 Å². The molecule has 6 nitrogen and oxygen atoms in total. The number of benzene rings is 1. The molecule has 0 aliphatic rings. The van der Waals surface area contributed by atoms with Crippen LogP contribution in [-0.2, 0) is 16.4 Å². The zero-order chi connectivity index (χ0) is 15.3. The number of nitrogens with zero attached hydrogens (tertiary/aromatic N) is 1. The Morgan fingerprint density at radius 2 is 2.10 bits per heavy atom. The Morgan fingerprint density at radius 1 is 1.45 bits per heavy atom. The minimum atomic E-state index is -3.57. The summed E-state index contributed by atoms with van der Waals surface area (Å²) in [7, 11) is -3.57. The third-order valence-corrected chi connectivity index (χ3v) is 4.78. The Balaban J connectivity index is 2.99. The number of nitrogens with one attached hydrogen (secondary N) is 1. The summed E-state index contributed by atoms with van der Waals surface area (Å²) in [5.74, 6) is -0.0885. The minimum absolute atomic E-state index is 0.0851. The van der Waals surface area contributed by atoms with Gasteiger partial charge in [-0.3, -0.25) is 14.8 Å². The lowest BCUT2D eigenvalue weighted by atomic mass is 10.1. The highest BCUT2D eigenvalue weighted by Crippen LogP contribution is 2.24. The third kappa shape index (κ3) is 4.64. The molecule has 0 fully saturated rings. The average molecular weight is 321 g/mol. The first-order valence-electron chi connectivity index (χ1n) is 6.12. The third-order valence-electron chi connectivity index (χ3n) is 2.70. The van der Waals surface area contributed by atoms with Crippen LogP contribution in [-0.4, -0.2) is 25.0 Å². The van der Waals surface area contributed by atoms with Crippen molar-refractivity contribution in [3.63, 3.8) is 0 Å². The summed E-state index contributed by atoms with van der Waals surface area (Å²) < 4.78 is 26.1. The number of hydrogen-bond donors (Lipinski definition) is 1. The standard InChI is InChI=1S/C12H17ClN2O4S/c1-3-10-4-5-11(6-12(10)15(16)17)14-20(18,19)8-9(2)7-13/h4-6,9,14H,3,7-8H2,1-2H3. The maximum atomic E-state index is 11.9. The first-order valence-corrected chi connectivity index (χ1v) is 8.31. The van der Waals surface area contributed by atoms with Crippen molar-refractivity contribution in [2.75, 3.05) is 16.4 Å². The number of sulfonamides is 1. The second-order valence-electron chi connectivity index (χ2n) is 4.60. The molecule has 0 bridgehead atoms. The molecule has 112 valence electrons. The predicted octanol–water partition coefficient (Wildman–Crippen LogP) is 2.77. The molecule has 0 aliphatic heterocycles. The van der Waals surface area contributed by atoms with Crippen molar-refractivity contribution in [3.05, 3.63) is 33.9 Å². The number of aryl methyl sites for hydroxylation is 1. The summed E-state index contributed by atoms with van der Waals surface area (Å²) in [6, 6.07) is 4.32. The molecule has 0 aromatic heterocycles. The first-order chi connectivity index (χ1) is 9.29. The van der Waals surface area contributed by atoms with Crippen LogP contribution in [0.1, 0.15) is 19.4 Å². The summed E-state index contributed by atoms with van der Waals surface area (Å²) >= 11 is 5.59. The predicted molar refractivity (Wildman–Crippen MR) is 79.8 cm³/mol. The zero-order valence-electron chi connectivity index (χ0n) is 11.3. The van der Waals surface area contributed by atoms with Crippen LogP contribution in [0.25, 0.3) is 0 Å². The van der Waals surface area contributed by atoms with E-state index in [1.54, 1.807) is 19.9 Å². The zero-order valence-corrected chi connectivity index (χ0v) is 12.9. The number of halogens is 1. The van der Waals surface area contributed by atoms with E-state index >= 15 is 0 Å². The topological polar surface area (TPSA) is 89.3 Å². The van der Waals surface area contributed by atoms with E-state index in [9.17, 15) is 18.5 Å². The van der Waals surface area contributed by atoms with Crippen molar-refractivity contribution in [1.82, 2.24) is 0 Å². The van der Waals surface area contributed by atoms with Gasteiger partial charge in [0.15, 0.2) is 0 Å². The Morgan fingerprint density at radius 3 is 2.60 bits per heavy atom. The van der Waals surface area contributed by atoms with Crippen LogP contribution in [0, 0.1) is 16.0 Å². The second kappa shape index (κ2) is 6.90. The largest absolute Gasteiger partial charge is 0.283 e. The van der Waals surface area contributed by atoms with Gasteiger partial charge in [-0.1, -0.05) is 19.9 Å². The van der Waals surface area contributed by atoms with Gasteiger partial charge in [-0.05, 0) is 18.4 Å². The molecule has 0 aliphatic carbocycles. The second-order valence-corrected chi connectivity index (χ2v) is 6.67. The molecule has 1 aromatic carbocycles. The highest BCUT2D eigenvalue weighted by atomic mass is 35.5. The molecule has 0 radical (unpaired) electrons. The van der Waals surface area contributed by atoms with E-state index in [-0.39, 0.29) is 28.9 Å². The van der Waals surface area contributed by atoms with Gasteiger partial charge in [-0.25, -0.2) is 8.42 Å². The van der Waals surface area contributed by atoms with E-state index in [4.69, 9.17) is 11.6 Å². The molecule has 1 aromatic rings. The van der Waals surface area contributed by atoms with Gasteiger partial charge in [0.2, 0.25) is 10.0 Å². The van der Waals surface area contributed by atoms with Crippen molar-refractivity contribution in [2.45, 2.75) is 20.3 Å². The number of nitro benzene ring substituents is 1. The lowest BCUT2D eigenvalue weighted by Gasteiger charge is -2.11. The normalized spacial score (nSPS) is 12.9. The highest BCUT2D eigenvalue weighted by Gasteiger charge is 2.18. The van der Waals surface area contributed by atoms with Crippen molar-refractivity contribution in [1.29, 1.82) is 0 Å². The van der Waals surface area contributed by atoms with Crippen LogP contribution < -0.4 is 4.72 Å². The molecule has 20 heavy (non-hydrogen) atoms. The molecule has 0 amide bonds. The Bertz CT molecular complexity index is 589. The van der Waals surface area contributed by atoms with Crippen LogP contribution in [0.3, 0.4) is 0 Å². The number of nitro groups is 1. The lowest BCUT2D eigenvalue weighted by Crippen LogP contribution is -2.22. The van der Waals surface area contributed by atoms with Gasteiger partial charge in [-0.2, -0.15) is 0 Å². The van der Waals surface area contributed by atoms with Gasteiger partial charge in [0, 0.05) is 17.5 Å². The van der Waals surface area contributed by atoms with E-state index in [1.807, 2.05) is 0 Å². The molecule has 8 heteroatoms. The number of anilines is 1. The Hall–Kier alpha value is -1.34. The van der Waals surface area contributed by atoms with Gasteiger partial charge in [0.25, 0.3) is 5.69 Å². The van der Waals surface area contributed by atoms with E-state index in [2.05, 4.69) is 4.72 Å². The van der Waals surface area contributed by atoms with Crippen LogP contribution >= 0.6 is 11.6 Å². The maximum Gasteiger partial charge on any atom is 0.274 e. The van der Waals surface area contributed by atoms with Gasteiger partial charge in [0.1, 0.15) is 0 Å². The van der Waals surface area contributed by atoms with Crippen LogP contribution in [0.2, 0.25) is 0 Å². The molecule has 1 rings (SSSR count). The first kappa shape index (κ1) is 16.7. The van der Waals surface area contributed by atoms with E-state index in [0.717, 1.165) is 0 Å². The summed E-state index contributed by atoms with van der Waals surface area (Å²) in [5.41, 5.74) is 0.667. The van der Waals surface area contributed by atoms with Gasteiger partial charge in [0.05, 0.1) is 16.4 Å². The molecule has 0 heterocycles. The van der Waals surface area contributed by atoms with E-state index in [0.29, 0.717) is 12.0 Å². The summed E-state index contributed by atoms with van der Waals surface area (Å²) in [4.78, 5) is 10.4. The monoisotopic (exact) mass is 320 g/mol. The van der Waals surface area contributed by atoms with Crippen molar-refractivity contribution in [3.8, 4) is 0 Å². The van der Waals surface area contributed by atoms with Gasteiger partial charge < -0.3 is 0 Å².